The number of aromatic nitrogens is 4. The van der Waals surface area contributed by atoms with Gasteiger partial charge in [0.15, 0.2) is 5.65 Å². The molecule has 0 saturated carbocycles. The molecule has 1 aromatic carbocycles. The summed E-state index contributed by atoms with van der Waals surface area (Å²) in [6, 6.07) is 4.30. The summed E-state index contributed by atoms with van der Waals surface area (Å²) in [7, 11) is 3.85. The predicted octanol–water partition coefficient (Wildman–Crippen LogP) is 3.61. The fourth-order valence-corrected chi connectivity index (χ4v) is 3.59. The number of methoxy groups -OCH3 is 1. The Morgan fingerprint density at radius 2 is 2.07 bits per heavy atom. The quantitative estimate of drug-likeness (QED) is 0.705. The third-order valence-corrected chi connectivity index (χ3v) is 5.27. The van der Waals surface area contributed by atoms with E-state index in [4.69, 9.17) is 9.72 Å². The molecule has 3 aromatic rings. The number of nitrogens with zero attached hydrogens (tertiary/aromatic N) is 5. The van der Waals surface area contributed by atoms with E-state index in [1.165, 1.54) is 11.1 Å². The molecule has 2 aromatic heterocycles. The molecule has 0 bridgehead atoms. The molecule has 7 heteroatoms. The fourth-order valence-electron chi connectivity index (χ4n) is 3.59. The van der Waals surface area contributed by atoms with Crippen LogP contribution in [0.2, 0.25) is 0 Å². The van der Waals surface area contributed by atoms with Gasteiger partial charge in [0.1, 0.15) is 5.75 Å². The van der Waals surface area contributed by atoms with Crippen LogP contribution in [0.4, 0.5) is 11.6 Å². The number of hydrogen-bond donors (Lipinski definition) is 1. The average molecular weight is 380 g/mol. The van der Waals surface area contributed by atoms with E-state index in [0.717, 1.165) is 54.9 Å². The first kappa shape index (κ1) is 18.7. The first-order valence-electron chi connectivity index (χ1n) is 9.87. The molecule has 0 atom stereocenters. The van der Waals surface area contributed by atoms with Gasteiger partial charge >= 0.3 is 0 Å². The van der Waals surface area contributed by atoms with E-state index in [1.54, 1.807) is 7.11 Å². The lowest BCUT2D eigenvalue weighted by Gasteiger charge is -2.26. The van der Waals surface area contributed by atoms with E-state index in [2.05, 4.69) is 53.3 Å². The van der Waals surface area contributed by atoms with Crippen LogP contribution in [0.5, 0.6) is 5.75 Å². The second-order valence-corrected chi connectivity index (χ2v) is 7.96. The molecule has 148 valence electrons. The predicted molar refractivity (Wildman–Crippen MR) is 111 cm³/mol. The summed E-state index contributed by atoms with van der Waals surface area (Å²) >= 11 is 0. The zero-order chi connectivity index (χ0) is 19.7. The van der Waals surface area contributed by atoms with Crippen molar-refractivity contribution in [3.63, 3.8) is 0 Å². The van der Waals surface area contributed by atoms with E-state index >= 15 is 0 Å². The third-order valence-electron chi connectivity index (χ3n) is 5.27. The Balaban J connectivity index is 1.64. The molecule has 3 heterocycles. The van der Waals surface area contributed by atoms with Crippen LogP contribution in [0.25, 0.3) is 11.0 Å². The second kappa shape index (κ2) is 7.75. The highest BCUT2D eigenvalue weighted by molar-refractivity contribution is 5.76. The lowest BCUT2D eigenvalue weighted by atomic mass is 9.99. The number of ether oxygens (including phenoxy) is 1. The summed E-state index contributed by atoms with van der Waals surface area (Å²) < 4.78 is 7.58. The monoisotopic (exact) mass is 380 g/mol. The average Bonchev–Trinajstić information content (AvgIpc) is 3.08. The summed E-state index contributed by atoms with van der Waals surface area (Å²) in [6.45, 7) is 7.30. The Morgan fingerprint density at radius 1 is 1.21 bits per heavy atom. The van der Waals surface area contributed by atoms with E-state index in [0.29, 0.717) is 11.9 Å². The van der Waals surface area contributed by atoms with Gasteiger partial charge in [-0.15, -0.1) is 0 Å². The van der Waals surface area contributed by atoms with E-state index in [9.17, 15) is 0 Å². The first-order chi connectivity index (χ1) is 13.5. The summed E-state index contributed by atoms with van der Waals surface area (Å²) in [5.74, 6) is 2.00. The van der Waals surface area contributed by atoms with Crippen molar-refractivity contribution < 1.29 is 4.74 Å². The lowest BCUT2D eigenvalue weighted by Crippen LogP contribution is -2.26. The van der Waals surface area contributed by atoms with Crippen molar-refractivity contribution in [2.45, 2.75) is 39.8 Å². The molecule has 1 aliphatic heterocycles. The summed E-state index contributed by atoms with van der Waals surface area (Å²) in [4.78, 5) is 11.5. The zero-order valence-electron chi connectivity index (χ0n) is 17.1. The molecule has 1 aliphatic rings. The van der Waals surface area contributed by atoms with Crippen molar-refractivity contribution in [3.8, 4) is 5.75 Å². The van der Waals surface area contributed by atoms with Crippen molar-refractivity contribution in [2.24, 2.45) is 5.92 Å². The van der Waals surface area contributed by atoms with Crippen molar-refractivity contribution in [2.75, 3.05) is 26.0 Å². The van der Waals surface area contributed by atoms with Gasteiger partial charge in [-0.2, -0.15) is 10.1 Å². The number of aryl methyl sites for hydroxylation is 1. The Bertz CT molecular complexity index is 980. The van der Waals surface area contributed by atoms with Crippen molar-refractivity contribution in [3.05, 3.63) is 35.7 Å². The SMILES string of the molecule is COc1cc2c(cc1Nc1ncc3cnn(CCC(C)C)c3n1)CN(C)CC2. The summed E-state index contributed by atoms with van der Waals surface area (Å²) in [6.07, 6.45) is 5.76. The Kier molecular flexibility index (Phi) is 5.17. The molecule has 0 spiro atoms. The van der Waals surface area contributed by atoms with Crippen LogP contribution in [0.15, 0.2) is 24.5 Å². The van der Waals surface area contributed by atoms with Gasteiger partial charge in [0.25, 0.3) is 0 Å². The van der Waals surface area contributed by atoms with Crippen molar-refractivity contribution in [1.82, 2.24) is 24.6 Å². The van der Waals surface area contributed by atoms with Gasteiger partial charge in [0.05, 0.1) is 24.4 Å². The lowest BCUT2D eigenvalue weighted by molar-refractivity contribution is 0.312. The Hall–Kier alpha value is -2.67. The largest absolute Gasteiger partial charge is 0.495 e. The number of nitrogens with one attached hydrogen (secondary N) is 1. The van der Waals surface area contributed by atoms with E-state index < -0.39 is 0 Å². The molecule has 0 fully saturated rings. The van der Waals surface area contributed by atoms with Gasteiger partial charge in [0.2, 0.25) is 5.95 Å². The maximum atomic E-state index is 5.62. The van der Waals surface area contributed by atoms with Gasteiger partial charge in [-0.05, 0) is 49.1 Å². The van der Waals surface area contributed by atoms with Gasteiger partial charge in [-0.25, -0.2) is 9.67 Å². The van der Waals surface area contributed by atoms with Crippen LogP contribution in [0.3, 0.4) is 0 Å². The maximum absolute atomic E-state index is 5.62. The van der Waals surface area contributed by atoms with Crippen LogP contribution < -0.4 is 10.1 Å². The highest BCUT2D eigenvalue weighted by Crippen LogP contribution is 2.33. The third kappa shape index (κ3) is 3.80. The smallest absolute Gasteiger partial charge is 0.229 e. The minimum Gasteiger partial charge on any atom is -0.495 e. The molecule has 1 N–H and O–H groups in total. The normalized spacial score (nSPS) is 14.5. The molecule has 0 unspecified atom stereocenters. The molecule has 0 radical (unpaired) electrons. The molecule has 0 saturated heterocycles. The topological polar surface area (TPSA) is 68.1 Å². The van der Waals surface area contributed by atoms with Crippen LogP contribution in [-0.2, 0) is 19.5 Å². The highest BCUT2D eigenvalue weighted by atomic mass is 16.5. The summed E-state index contributed by atoms with van der Waals surface area (Å²) in [5.41, 5.74) is 4.42. The number of fused-ring (bicyclic) bond motifs is 2. The van der Waals surface area contributed by atoms with Gasteiger partial charge in [-0.3, -0.25) is 0 Å². The molecule has 0 amide bonds. The summed E-state index contributed by atoms with van der Waals surface area (Å²) in [5, 5.41) is 8.78. The Labute approximate surface area is 165 Å². The number of anilines is 2. The van der Waals surface area contributed by atoms with Crippen LogP contribution in [-0.4, -0.2) is 45.4 Å². The van der Waals surface area contributed by atoms with Gasteiger partial charge in [0, 0.05) is 25.8 Å². The molecule has 4 rings (SSSR count). The van der Waals surface area contributed by atoms with E-state index in [-0.39, 0.29) is 0 Å². The Morgan fingerprint density at radius 3 is 2.86 bits per heavy atom. The number of rotatable bonds is 6. The minimum absolute atomic E-state index is 0.557. The number of likely N-dealkylation sites (N-methyl/N-ethyl adjacent to an activating group) is 1. The zero-order valence-corrected chi connectivity index (χ0v) is 17.1. The maximum Gasteiger partial charge on any atom is 0.229 e. The molecule has 28 heavy (non-hydrogen) atoms. The molecular weight excluding hydrogens is 352 g/mol. The van der Waals surface area contributed by atoms with Crippen molar-refractivity contribution >= 4 is 22.7 Å². The molecule has 7 nitrogen and oxygen atoms in total. The van der Waals surface area contributed by atoms with Crippen LogP contribution in [0, 0.1) is 5.92 Å². The van der Waals surface area contributed by atoms with Crippen molar-refractivity contribution in [1.29, 1.82) is 0 Å². The fraction of sp³-hybridized carbons (Fsp3) is 0.476. The first-order valence-corrected chi connectivity index (χ1v) is 9.87. The number of hydrogen-bond acceptors (Lipinski definition) is 6. The molecular formula is C21H28N6O. The van der Waals surface area contributed by atoms with Crippen LogP contribution in [0.1, 0.15) is 31.4 Å². The standard InChI is InChI=1S/C21H28N6O/c1-14(2)5-8-27-20-17(12-23-27)11-22-21(25-20)24-18-9-16-13-26(3)7-6-15(16)10-19(18)28-4/h9-12,14H,5-8,13H2,1-4H3,(H,22,24,25). The van der Waals surface area contributed by atoms with Gasteiger partial charge in [-0.1, -0.05) is 13.8 Å². The van der Waals surface area contributed by atoms with E-state index in [1.807, 2.05) is 17.1 Å². The van der Waals surface area contributed by atoms with Crippen LogP contribution >= 0.6 is 0 Å². The number of benzene rings is 1. The van der Waals surface area contributed by atoms with Gasteiger partial charge < -0.3 is 15.0 Å². The highest BCUT2D eigenvalue weighted by Gasteiger charge is 2.17. The molecule has 0 aliphatic carbocycles. The second-order valence-electron chi connectivity index (χ2n) is 7.96. The minimum atomic E-state index is 0.557.